The number of morpholine rings is 2. The summed E-state index contributed by atoms with van der Waals surface area (Å²) >= 11 is 5.86. The van der Waals surface area contributed by atoms with Crippen LogP contribution in [0, 0.1) is 0 Å². The Morgan fingerprint density at radius 2 is 1.92 bits per heavy atom. The van der Waals surface area contributed by atoms with Crippen LogP contribution in [-0.4, -0.2) is 69.6 Å². The first-order valence-electron chi connectivity index (χ1n) is 8.67. The normalized spacial score (nSPS) is 23.4. The van der Waals surface area contributed by atoms with E-state index in [-0.39, 0.29) is 23.6 Å². The molecule has 9 heteroatoms. The number of aromatic nitrogens is 3. The molecule has 4 heterocycles. The van der Waals surface area contributed by atoms with Crippen LogP contribution in [0.15, 0.2) is 18.3 Å². The van der Waals surface area contributed by atoms with E-state index in [4.69, 9.17) is 21.1 Å². The Bertz CT molecular complexity index is 819. The van der Waals surface area contributed by atoms with Gasteiger partial charge in [0.05, 0.1) is 37.2 Å². The van der Waals surface area contributed by atoms with Crippen LogP contribution in [0.25, 0.3) is 5.65 Å². The molecule has 2 fully saturated rings. The fraction of sp³-hybridized carbons (Fsp3) is 0.588. The first-order valence-corrected chi connectivity index (χ1v) is 9.05. The fourth-order valence-corrected chi connectivity index (χ4v) is 3.58. The summed E-state index contributed by atoms with van der Waals surface area (Å²) in [5.74, 6) is 0. The third-order valence-corrected chi connectivity index (χ3v) is 4.55. The molecule has 2 aromatic heterocycles. The van der Waals surface area contributed by atoms with Crippen LogP contribution >= 0.6 is 11.6 Å². The summed E-state index contributed by atoms with van der Waals surface area (Å²) in [5.41, 5.74) is 1.25. The van der Waals surface area contributed by atoms with Crippen LogP contribution in [0.2, 0.25) is 5.28 Å². The van der Waals surface area contributed by atoms with E-state index in [0.29, 0.717) is 31.8 Å². The average Bonchev–Trinajstić information content (AvgIpc) is 2.91. The lowest BCUT2D eigenvalue weighted by molar-refractivity contribution is -0.0949. The number of fused-ring (bicyclic) bond motifs is 3. The number of carbonyl (C=O) groups excluding carboxylic acids is 1. The second-order valence-electron chi connectivity index (χ2n) is 7.74. The molecule has 0 saturated carbocycles. The molecule has 26 heavy (non-hydrogen) atoms. The van der Waals surface area contributed by atoms with Crippen molar-refractivity contribution in [3.63, 3.8) is 0 Å². The molecule has 2 aromatic rings. The molecule has 140 valence electrons. The molecule has 2 bridgehead atoms. The Kier molecular flexibility index (Phi) is 4.19. The van der Waals surface area contributed by atoms with Crippen LogP contribution in [-0.2, 0) is 9.47 Å². The van der Waals surface area contributed by atoms with Gasteiger partial charge in [0.2, 0.25) is 5.28 Å². The highest BCUT2D eigenvalue weighted by molar-refractivity contribution is 6.28. The van der Waals surface area contributed by atoms with E-state index in [1.165, 1.54) is 0 Å². The van der Waals surface area contributed by atoms with Gasteiger partial charge in [-0.2, -0.15) is 4.98 Å². The van der Waals surface area contributed by atoms with Gasteiger partial charge in [-0.05, 0) is 44.5 Å². The molecule has 0 radical (unpaired) electrons. The second-order valence-corrected chi connectivity index (χ2v) is 8.08. The van der Waals surface area contributed by atoms with Gasteiger partial charge in [-0.1, -0.05) is 0 Å². The molecule has 2 unspecified atom stereocenters. The van der Waals surface area contributed by atoms with E-state index >= 15 is 0 Å². The molecular weight excluding hydrogens is 358 g/mol. The molecule has 0 N–H and O–H groups in total. The molecule has 0 aliphatic carbocycles. The number of rotatable bonds is 1. The van der Waals surface area contributed by atoms with Gasteiger partial charge < -0.3 is 19.3 Å². The average molecular weight is 380 g/mol. The molecule has 8 nitrogen and oxygen atoms in total. The Hall–Kier alpha value is -2.06. The molecule has 2 aliphatic heterocycles. The Labute approximate surface area is 156 Å². The first kappa shape index (κ1) is 17.4. The van der Waals surface area contributed by atoms with Gasteiger partial charge in [-0.25, -0.2) is 9.31 Å². The third-order valence-electron chi connectivity index (χ3n) is 4.39. The molecule has 4 rings (SSSR count). The maximum atomic E-state index is 12.3. The summed E-state index contributed by atoms with van der Waals surface area (Å²) in [5, 5.41) is 4.38. The maximum Gasteiger partial charge on any atom is 0.410 e. The molecule has 0 spiro atoms. The molecule has 0 aromatic carbocycles. The standard InChI is InChI=1S/C17H22ClN5O3/c1-17(2,3)26-16(24)22-9-12-7-21(8-13(10-22)25-12)11-4-5-14-19-15(18)20-23(14)6-11/h4-6,12-13H,7-10H2,1-3H3. The van der Waals surface area contributed by atoms with Crippen molar-refractivity contribution < 1.29 is 14.3 Å². The van der Waals surface area contributed by atoms with Crippen LogP contribution < -0.4 is 4.90 Å². The van der Waals surface area contributed by atoms with Crippen LogP contribution in [0.4, 0.5) is 10.5 Å². The van der Waals surface area contributed by atoms with Crippen molar-refractivity contribution in [2.75, 3.05) is 31.1 Å². The van der Waals surface area contributed by atoms with Crippen molar-refractivity contribution in [1.82, 2.24) is 19.5 Å². The number of ether oxygens (including phenoxy) is 2. The highest BCUT2D eigenvalue weighted by Crippen LogP contribution is 2.25. The number of hydrogen-bond acceptors (Lipinski definition) is 6. The van der Waals surface area contributed by atoms with Crippen molar-refractivity contribution in [2.24, 2.45) is 0 Å². The number of halogens is 1. The van der Waals surface area contributed by atoms with Gasteiger partial charge in [0.25, 0.3) is 0 Å². The topological polar surface area (TPSA) is 72.2 Å². The second kappa shape index (κ2) is 6.28. The summed E-state index contributed by atoms with van der Waals surface area (Å²) in [7, 11) is 0. The lowest BCUT2D eigenvalue weighted by Gasteiger charge is -2.46. The minimum Gasteiger partial charge on any atom is -0.444 e. The maximum absolute atomic E-state index is 12.3. The van der Waals surface area contributed by atoms with Crippen molar-refractivity contribution in [2.45, 2.75) is 38.6 Å². The van der Waals surface area contributed by atoms with E-state index in [2.05, 4.69) is 15.0 Å². The Morgan fingerprint density at radius 3 is 2.58 bits per heavy atom. The lowest BCUT2D eigenvalue weighted by atomic mass is 10.1. The first-order chi connectivity index (χ1) is 12.3. The van der Waals surface area contributed by atoms with Crippen LogP contribution in [0.5, 0.6) is 0 Å². The zero-order valence-electron chi connectivity index (χ0n) is 15.1. The van der Waals surface area contributed by atoms with Crippen LogP contribution in [0.3, 0.4) is 0 Å². The molecular formula is C17H22ClN5O3. The highest BCUT2D eigenvalue weighted by atomic mass is 35.5. The molecule has 2 aliphatic rings. The SMILES string of the molecule is CC(C)(C)OC(=O)N1CC2CN(c3ccc4nc(Cl)nn4c3)CC(C1)O2. The predicted octanol–water partition coefficient (Wildman–Crippen LogP) is 2.21. The smallest absolute Gasteiger partial charge is 0.410 e. The molecule has 2 saturated heterocycles. The van der Waals surface area contributed by atoms with E-state index in [1.54, 1.807) is 9.42 Å². The number of nitrogens with zero attached hydrogens (tertiary/aromatic N) is 5. The minimum absolute atomic E-state index is 0.0509. The van der Waals surface area contributed by atoms with E-state index < -0.39 is 5.60 Å². The zero-order valence-corrected chi connectivity index (χ0v) is 15.8. The number of amides is 1. The van der Waals surface area contributed by atoms with Gasteiger partial charge in [0.1, 0.15) is 5.60 Å². The summed E-state index contributed by atoms with van der Waals surface area (Å²) in [6.45, 7) is 8.08. The summed E-state index contributed by atoms with van der Waals surface area (Å²) in [4.78, 5) is 20.5. The highest BCUT2D eigenvalue weighted by Gasteiger charge is 2.38. The largest absolute Gasteiger partial charge is 0.444 e. The monoisotopic (exact) mass is 379 g/mol. The Balaban J connectivity index is 1.46. The van der Waals surface area contributed by atoms with Gasteiger partial charge in [0, 0.05) is 13.1 Å². The van der Waals surface area contributed by atoms with Crippen LogP contribution in [0.1, 0.15) is 20.8 Å². The number of anilines is 1. The quantitative estimate of drug-likeness (QED) is 0.756. The third kappa shape index (κ3) is 3.57. The lowest BCUT2D eigenvalue weighted by Crippen LogP contribution is -2.61. The van der Waals surface area contributed by atoms with Gasteiger partial charge in [-0.15, -0.1) is 5.10 Å². The summed E-state index contributed by atoms with van der Waals surface area (Å²) in [6, 6.07) is 3.90. The number of carbonyl (C=O) groups is 1. The Morgan fingerprint density at radius 1 is 1.23 bits per heavy atom. The van der Waals surface area contributed by atoms with Crippen molar-refractivity contribution in [3.05, 3.63) is 23.6 Å². The summed E-state index contributed by atoms with van der Waals surface area (Å²) in [6.07, 6.45) is 1.54. The molecule has 1 amide bonds. The van der Waals surface area contributed by atoms with E-state index in [9.17, 15) is 4.79 Å². The van der Waals surface area contributed by atoms with Crippen molar-refractivity contribution in [1.29, 1.82) is 0 Å². The fourth-order valence-electron chi connectivity index (χ4n) is 3.41. The predicted molar refractivity (Wildman–Crippen MR) is 96.7 cm³/mol. The van der Waals surface area contributed by atoms with Gasteiger partial charge >= 0.3 is 6.09 Å². The van der Waals surface area contributed by atoms with E-state index in [1.807, 2.05) is 39.1 Å². The van der Waals surface area contributed by atoms with Crippen molar-refractivity contribution in [3.8, 4) is 0 Å². The van der Waals surface area contributed by atoms with E-state index in [0.717, 1.165) is 5.69 Å². The molecule has 2 atom stereocenters. The minimum atomic E-state index is -0.495. The van der Waals surface area contributed by atoms with Gasteiger partial charge in [-0.3, -0.25) is 0 Å². The van der Waals surface area contributed by atoms with Crippen molar-refractivity contribution >= 4 is 29.0 Å². The zero-order chi connectivity index (χ0) is 18.5. The summed E-state index contributed by atoms with van der Waals surface area (Å²) < 4.78 is 13.2. The number of hydrogen-bond donors (Lipinski definition) is 0. The number of pyridine rings is 1. The van der Waals surface area contributed by atoms with Gasteiger partial charge in [0.15, 0.2) is 5.65 Å².